The van der Waals surface area contributed by atoms with Crippen molar-refractivity contribution in [3.05, 3.63) is 29.7 Å². The third-order valence-electron chi connectivity index (χ3n) is 4.45. The van der Waals surface area contributed by atoms with Crippen LogP contribution in [0.15, 0.2) is 22.9 Å². The fourth-order valence-electron chi connectivity index (χ4n) is 3.07. The van der Waals surface area contributed by atoms with Crippen molar-refractivity contribution in [1.29, 1.82) is 0 Å². The van der Waals surface area contributed by atoms with E-state index in [4.69, 9.17) is 10.3 Å². The molecule has 0 spiro atoms. The summed E-state index contributed by atoms with van der Waals surface area (Å²) in [4.78, 5) is 8.89. The summed E-state index contributed by atoms with van der Waals surface area (Å²) >= 11 is 0. The number of rotatable bonds is 4. The van der Waals surface area contributed by atoms with E-state index in [2.05, 4.69) is 22.0 Å². The first kappa shape index (κ1) is 14.2. The lowest BCUT2D eigenvalue weighted by Gasteiger charge is -2.26. The molecule has 1 aliphatic carbocycles. The fraction of sp³-hybridized carbons (Fsp3) is 0.562. The molecule has 1 aliphatic rings. The van der Waals surface area contributed by atoms with Crippen molar-refractivity contribution in [2.24, 2.45) is 11.7 Å². The van der Waals surface area contributed by atoms with E-state index in [1.54, 1.807) is 6.20 Å². The molecule has 1 fully saturated rings. The molecule has 0 saturated heterocycles. The lowest BCUT2D eigenvalue weighted by molar-refractivity contribution is 0.300. The van der Waals surface area contributed by atoms with Gasteiger partial charge < -0.3 is 10.3 Å². The summed E-state index contributed by atoms with van der Waals surface area (Å²) in [6.07, 6.45) is 7.93. The number of nitrogens with zero attached hydrogens (tertiary/aromatic N) is 3. The summed E-state index contributed by atoms with van der Waals surface area (Å²) < 4.78 is 5.39. The Kier molecular flexibility index (Phi) is 4.29. The number of hydrogen-bond donors (Lipinski definition) is 1. The van der Waals surface area contributed by atoms with Crippen LogP contribution in [0.5, 0.6) is 0 Å². The summed E-state index contributed by atoms with van der Waals surface area (Å²) in [5.41, 5.74) is 7.29. The van der Waals surface area contributed by atoms with Gasteiger partial charge in [-0.3, -0.25) is 4.98 Å². The summed E-state index contributed by atoms with van der Waals surface area (Å²) in [5.74, 6) is 2.58. The van der Waals surface area contributed by atoms with Gasteiger partial charge in [-0.1, -0.05) is 37.4 Å². The van der Waals surface area contributed by atoms with E-state index in [1.807, 2.05) is 12.1 Å². The highest BCUT2D eigenvalue weighted by molar-refractivity contribution is 5.46. The predicted molar refractivity (Wildman–Crippen MR) is 80.4 cm³/mol. The van der Waals surface area contributed by atoms with Crippen LogP contribution in [-0.4, -0.2) is 15.1 Å². The maximum atomic E-state index is 5.57. The van der Waals surface area contributed by atoms with E-state index in [1.165, 1.54) is 25.7 Å². The Labute approximate surface area is 125 Å². The Hall–Kier alpha value is -1.75. The largest absolute Gasteiger partial charge is 0.332 e. The van der Waals surface area contributed by atoms with Gasteiger partial charge in [0.1, 0.15) is 5.69 Å². The van der Waals surface area contributed by atoms with Crippen molar-refractivity contribution < 1.29 is 4.52 Å². The zero-order valence-corrected chi connectivity index (χ0v) is 12.5. The first-order valence-electron chi connectivity index (χ1n) is 7.79. The van der Waals surface area contributed by atoms with Gasteiger partial charge in [0.2, 0.25) is 0 Å². The summed E-state index contributed by atoms with van der Waals surface area (Å²) in [7, 11) is 0. The maximum Gasteiger partial charge on any atom is 0.276 e. The zero-order valence-electron chi connectivity index (χ0n) is 12.5. The van der Waals surface area contributed by atoms with E-state index in [-0.39, 0.29) is 0 Å². The van der Waals surface area contributed by atoms with Gasteiger partial charge in [-0.2, -0.15) is 4.98 Å². The Morgan fingerprint density at radius 1 is 1.33 bits per heavy atom. The van der Waals surface area contributed by atoms with E-state index >= 15 is 0 Å². The highest BCUT2D eigenvalue weighted by atomic mass is 16.5. The molecule has 5 heteroatoms. The van der Waals surface area contributed by atoms with E-state index in [9.17, 15) is 0 Å². The second-order valence-electron chi connectivity index (χ2n) is 5.85. The SMILES string of the molecule is CCC1CCCC(c2noc(-c3ccc(CN)cn3)n2)C1. The third-order valence-corrected chi connectivity index (χ3v) is 4.45. The van der Waals surface area contributed by atoms with Gasteiger partial charge in [0.05, 0.1) is 0 Å². The van der Waals surface area contributed by atoms with Crippen LogP contribution in [0.3, 0.4) is 0 Å². The van der Waals surface area contributed by atoms with E-state index in [0.717, 1.165) is 23.7 Å². The number of nitrogens with two attached hydrogens (primary N) is 1. The minimum atomic E-state index is 0.435. The smallest absolute Gasteiger partial charge is 0.276 e. The molecule has 0 bridgehead atoms. The lowest BCUT2D eigenvalue weighted by atomic mass is 9.80. The molecule has 1 saturated carbocycles. The molecule has 2 N–H and O–H groups in total. The van der Waals surface area contributed by atoms with Crippen LogP contribution in [-0.2, 0) is 6.54 Å². The average molecular weight is 286 g/mol. The Morgan fingerprint density at radius 3 is 2.95 bits per heavy atom. The highest BCUT2D eigenvalue weighted by Gasteiger charge is 2.26. The number of aromatic nitrogens is 3. The molecule has 2 heterocycles. The standard InChI is InChI=1S/C16H22N4O/c1-2-11-4-3-5-13(8-11)15-19-16(21-20-15)14-7-6-12(9-17)10-18-14/h6-7,10-11,13H,2-5,8-9,17H2,1H3. The average Bonchev–Trinajstić information content (AvgIpc) is 3.05. The normalized spacial score (nSPS) is 22.4. The molecule has 2 aromatic heterocycles. The minimum absolute atomic E-state index is 0.435. The van der Waals surface area contributed by atoms with Crippen LogP contribution in [0.1, 0.15) is 56.3 Å². The van der Waals surface area contributed by atoms with Crippen LogP contribution < -0.4 is 5.73 Å². The maximum absolute atomic E-state index is 5.57. The molecule has 2 aromatic rings. The third kappa shape index (κ3) is 3.13. The van der Waals surface area contributed by atoms with Crippen molar-refractivity contribution in [3.63, 3.8) is 0 Å². The quantitative estimate of drug-likeness (QED) is 0.933. The number of pyridine rings is 1. The molecule has 5 nitrogen and oxygen atoms in total. The molecule has 21 heavy (non-hydrogen) atoms. The monoisotopic (exact) mass is 286 g/mol. The zero-order chi connectivity index (χ0) is 14.7. The number of hydrogen-bond acceptors (Lipinski definition) is 5. The van der Waals surface area contributed by atoms with Gasteiger partial charge in [-0.05, 0) is 30.4 Å². The van der Waals surface area contributed by atoms with E-state index in [0.29, 0.717) is 24.0 Å². The highest BCUT2D eigenvalue weighted by Crippen LogP contribution is 2.36. The van der Waals surface area contributed by atoms with Gasteiger partial charge in [0.15, 0.2) is 5.82 Å². The van der Waals surface area contributed by atoms with Crippen molar-refractivity contribution in [2.45, 2.75) is 51.5 Å². The molecule has 0 radical (unpaired) electrons. The molecule has 0 amide bonds. The second-order valence-corrected chi connectivity index (χ2v) is 5.85. The van der Waals surface area contributed by atoms with Crippen molar-refractivity contribution >= 4 is 0 Å². The van der Waals surface area contributed by atoms with Crippen LogP contribution in [0.2, 0.25) is 0 Å². The van der Waals surface area contributed by atoms with Crippen molar-refractivity contribution in [2.75, 3.05) is 0 Å². The van der Waals surface area contributed by atoms with Gasteiger partial charge in [-0.25, -0.2) is 0 Å². The molecular weight excluding hydrogens is 264 g/mol. The summed E-state index contributed by atoms with van der Waals surface area (Å²) in [5, 5.41) is 4.18. The van der Waals surface area contributed by atoms with Crippen LogP contribution in [0, 0.1) is 5.92 Å². The van der Waals surface area contributed by atoms with Gasteiger partial charge in [-0.15, -0.1) is 0 Å². The summed E-state index contributed by atoms with van der Waals surface area (Å²) in [6.45, 7) is 2.75. The minimum Gasteiger partial charge on any atom is -0.332 e. The molecule has 112 valence electrons. The van der Waals surface area contributed by atoms with Crippen LogP contribution in [0.4, 0.5) is 0 Å². The molecule has 2 atom stereocenters. The van der Waals surface area contributed by atoms with Gasteiger partial charge in [0, 0.05) is 18.7 Å². The molecule has 3 rings (SSSR count). The Morgan fingerprint density at radius 2 is 2.24 bits per heavy atom. The van der Waals surface area contributed by atoms with Crippen LogP contribution >= 0.6 is 0 Å². The molecule has 0 aliphatic heterocycles. The van der Waals surface area contributed by atoms with Crippen molar-refractivity contribution in [3.8, 4) is 11.6 Å². The summed E-state index contributed by atoms with van der Waals surface area (Å²) in [6, 6.07) is 3.83. The second kappa shape index (κ2) is 6.35. The first-order valence-corrected chi connectivity index (χ1v) is 7.79. The molecule has 2 unspecified atom stereocenters. The molecular formula is C16H22N4O. The van der Waals surface area contributed by atoms with Gasteiger partial charge >= 0.3 is 0 Å². The lowest BCUT2D eigenvalue weighted by Crippen LogP contribution is -2.14. The fourth-order valence-corrected chi connectivity index (χ4v) is 3.07. The van der Waals surface area contributed by atoms with Gasteiger partial charge in [0.25, 0.3) is 5.89 Å². The predicted octanol–water partition coefficient (Wildman–Crippen LogP) is 3.27. The van der Waals surface area contributed by atoms with Crippen molar-refractivity contribution in [1.82, 2.24) is 15.1 Å². The van der Waals surface area contributed by atoms with Crippen LogP contribution in [0.25, 0.3) is 11.6 Å². The first-order chi connectivity index (χ1) is 10.3. The van der Waals surface area contributed by atoms with E-state index < -0.39 is 0 Å². The Balaban J connectivity index is 1.76. The molecule has 0 aromatic carbocycles. The topological polar surface area (TPSA) is 77.8 Å². The Bertz CT molecular complexity index is 578.